The van der Waals surface area contributed by atoms with Gasteiger partial charge in [-0.2, -0.15) is 0 Å². The summed E-state index contributed by atoms with van der Waals surface area (Å²) in [5.41, 5.74) is 0.617. The third-order valence-electron chi connectivity index (χ3n) is 2.45. The van der Waals surface area contributed by atoms with Gasteiger partial charge in [0, 0.05) is 18.0 Å². The van der Waals surface area contributed by atoms with Crippen LogP contribution in [0, 0.1) is 5.82 Å². The molecule has 0 atom stereocenters. The Kier molecular flexibility index (Phi) is 4.22. The number of primary sulfonamides is 1. The molecule has 0 fully saturated rings. The molecule has 106 valence electrons. The minimum Gasteiger partial charge on any atom is -0.487 e. The van der Waals surface area contributed by atoms with Crippen LogP contribution in [0.4, 0.5) is 4.39 Å². The Labute approximate surface area is 120 Å². The van der Waals surface area contributed by atoms with E-state index in [2.05, 4.69) is 4.98 Å². The number of nitrogens with two attached hydrogens (primary N) is 1. The number of ether oxygens (including phenoxy) is 1. The monoisotopic (exact) mass is 316 g/mol. The second kappa shape index (κ2) is 5.74. The van der Waals surface area contributed by atoms with Crippen LogP contribution in [0.2, 0.25) is 5.02 Å². The average Bonchev–Trinajstić information content (AvgIpc) is 2.38. The van der Waals surface area contributed by atoms with Crippen molar-refractivity contribution in [3.05, 3.63) is 53.1 Å². The van der Waals surface area contributed by atoms with Crippen molar-refractivity contribution in [3.8, 4) is 5.75 Å². The van der Waals surface area contributed by atoms with Gasteiger partial charge in [-0.05, 0) is 24.3 Å². The van der Waals surface area contributed by atoms with Gasteiger partial charge in [0.1, 0.15) is 23.1 Å². The van der Waals surface area contributed by atoms with E-state index in [0.29, 0.717) is 10.6 Å². The molecule has 0 aliphatic carbocycles. The Balaban J connectivity index is 2.29. The Morgan fingerprint density at radius 1 is 1.35 bits per heavy atom. The number of sulfonamides is 1. The molecule has 0 saturated carbocycles. The SMILES string of the molecule is NS(=O)(=O)c1cc(F)ccc1OCc1ccncc1Cl. The molecule has 0 amide bonds. The quantitative estimate of drug-likeness (QED) is 0.936. The Hall–Kier alpha value is -1.70. The predicted molar refractivity (Wildman–Crippen MR) is 71.4 cm³/mol. The molecule has 1 aromatic heterocycles. The summed E-state index contributed by atoms with van der Waals surface area (Å²) in [6.45, 7) is 0.00943. The first-order valence-electron chi connectivity index (χ1n) is 5.41. The van der Waals surface area contributed by atoms with Gasteiger partial charge < -0.3 is 4.74 Å². The lowest BCUT2D eigenvalue weighted by molar-refractivity contribution is 0.297. The van der Waals surface area contributed by atoms with Gasteiger partial charge in [0.2, 0.25) is 10.0 Å². The summed E-state index contributed by atoms with van der Waals surface area (Å²) < 4.78 is 41.2. The number of hydrogen-bond donors (Lipinski definition) is 1. The first kappa shape index (κ1) is 14.7. The molecule has 0 unspecified atom stereocenters. The van der Waals surface area contributed by atoms with Gasteiger partial charge in [-0.3, -0.25) is 4.98 Å². The van der Waals surface area contributed by atoms with E-state index >= 15 is 0 Å². The lowest BCUT2D eigenvalue weighted by Crippen LogP contribution is -2.14. The van der Waals surface area contributed by atoms with Gasteiger partial charge in [0.15, 0.2) is 0 Å². The van der Waals surface area contributed by atoms with Crippen molar-refractivity contribution in [2.45, 2.75) is 11.5 Å². The van der Waals surface area contributed by atoms with E-state index < -0.39 is 20.7 Å². The molecule has 1 aromatic carbocycles. The molecule has 1 heterocycles. The molecule has 20 heavy (non-hydrogen) atoms. The zero-order chi connectivity index (χ0) is 14.8. The number of rotatable bonds is 4. The van der Waals surface area contributed by atoms with Gasteiger partial charge in [0.25, 0.3) is 0 Å². The lowest BCUT2D eigenvalue weighted by Gasteiger charge is -2.11. The Morgan fingerprint density at radius 3 is 2.75 bits per heavy atom. The maximum Gasteiger partial charge on any atom is 0.241 e. The second-order valence-corrected chi connectivity index (χ2v) is 5.83. The van der Waals surface area contributed by atoms with Crippen molar-refractivity contribution in [2.24, 2.45) is 5.14 Å². The van der Waals surface area contributed by atoms with Gasteiger partial charge in [-0.1, -0.05) is 11.6 Å². The molecule has 2 N–H and O–H groups in total. The van der Waals surface area contributed by atoms with Crippen LogP contribution in [-0.2, 0) is 16.6 Å². The topological polar surface area (TPSA) is 82.3 Å². The summed E-state index contributed by atoms with van der Waals surface area (Å²) in [7, 11) is -4.08. The Morgan fingerprint density at radius 2 is 2.10 bits per heavy atom. The zero-order valence-electron chi connectivity index (χ0n) is 10.1. The number of pyridine rings is 1. The number of nitrogens with zero attached hydrogens (tertiary/aromatic N) is 1. The van der Waals surface area contributed by atoms with Crippen molar-refractivity contribution in [3.63, 3.8) is 0 Å². The van der Waals surface area contributed by atoms with Crippen molar-refractivity contribution in [1.82, 2.24) is 4.98 Å². The highest BCUT2D eigenvalue weighted by atomic mass is 35.5. The minimum absolute atomic E-state index is 0.00943. The fourth-order valence-corrected chi connectivity index (χ4v) is 2.36. The first-order chi connectivity index (χ1) is 9.38. The van der Waals surface area contributed by atoms with Crippen molar-refractivity contribution < 1.29 is 17.5 Å². The Bertz CT molecular complexity index is 737. The maximum atomic E-state index is 13.1. The second-order valence-electron chi connectivity index (χ2n) is 3.89. The molecule has 5 nitrogen and oxygen atoms in total. The summed E-state index contributed by atoms with van der Waals surface area (Å²) in [4.78, 5) is 3.40. The number of halogens is 2. The highest BCUT2D eigenvalue weighted by Crippen LogP contribution is 2.25. The van der Waals surface area contributed by atoms with Crippen LogP contribution >= 0.6 is 11.6 Å². The molecule has 0 radical (unpaired) electrons. The van der Waals surface area contributed by atoms with Gasteiger partial charge in [-0.15, -0.1) is 0 Å². The summed E-state index contributed by atoms with van der Waals surface area (Å²) in [6.07, 6.45) is 2.96. The molecular weight excluding hydrogens is 307 g/mol. The average molecular weight is 317 g/mol. The van der Waals surface area contributed by atoms with E-state index in [-0.39, 0.29) is 12.4 Å². The number of aromatic nitrogens is 1. The van der Waals surface area contributed by atoms with Crippen molar-refractivity contribution >= 4 is 21.6 Å². The molecule has 2 aromatic rings. The number of hydrogen-bond acceptors (Lipinski definition) is 4. The highest BCUT2D eigenvalue weighted by Gasteiger charge is 2.16. The van der Waals surface area contributed by atoms with Gasteiger partial charge in [0.05, 0.1) is 5.02 Å². The number of benzene rings is 1. The van der Waals surface area contributed by atoms with Gasteiger partial charge >= 0.3 is 0 Å². The third kappa shape index (κ3) is 3.44. The van der Waals surface area contributed by atoms with Crippen LogP contribution in [-0.4, -0.2) is 13.4 Å². The first-order valence-corrected chi connectivity index (χ1v) is 7.34. The fourth-order valence-electron chi connectivity index (χ4n) is 1.50. The summed E-state index contributed by atoms with van der Waals surface area (Å²) >= 11 is 5.90. The molecule has 0 aliphatic rings. The third-order valence-corrected chi connectivity index (χ3v) is 3.72. The van der Waals surface area contributed by atoms with E-state index in [9.17, 15) is 12.8 Å². The smallest absolute Gasteiger partial charge is 0.241 e. The molecule has 8 heteroatoms. The van der Waals surface area contributed by atoms with Crippen LogP contribution < -0.4 is 9.88 Å². The molecule has 0 bridgehead atoms. The summed E-state index contributed by atoms with van der Waals surface area (Å²) in [6, 6.07) is 4.71. The zero-order valence-corrected chi connectivity index (χ0v) is 11.7. The van der Waals surface area contributed by atoms with Crippen LogP contribution in [0.15, 0.2) is 41.6 Å². The highest BCUT2D eigenvalue weighted by molar-refractivity contribution is 7.89. The maximum absolute atomic E-state index is 13.1. The van der Waals surface area contributed by atoms with Crippen LogP contribution in [0.25, 0.3) is 0 Å². The van der Waals surface area contributed by atoms with Crippen LogP contribution in [0.3, 0.4) is 0 Å². The van der Waals surface area contributed by atoms with E-state index in [0.717, 1.165) is 12.1 Å². The normalized spacial score (nSPS) is 11.3. The lowest BCUT2D eigenvalue weighted by atomic mass is 10.3. The van der Waals surface area contributed by atoms with Crippen LogP contribution in [0.5, 0.6) is 5.75 Å². The summed E-state index contributed by atoms with van der Waals surface area (Å²) in [5, 5.41) is 5.40. The summed E-state index contributed by atoms with van der Waals surface area (Å²) in [5.74, 6) is -0.759. The molecule has 2 rings (SSSR count). The standard InChI is InChI=1S/C12H10ClFN2O3S/c13-10-6-16-4-3-8(10)7-19-11-2-1-9(14)5-12(11)20(15,17)18/h1-6H,7H2,(H2,15,17,18). The van der Waals surface area contributed by atoms with E-state index in [1.54, 1.807) is 6.07 Å². The van der Waals surface area contributed by atoms with E-state index in [1.807, 2.05) is 0 Å². The van der Waals surface area contributed by atoms with Crippen LogP contribution in [0.1, 0.15) is 5.56 Å². The molecule has 0 aliphatic heterocycles. The molecular formula is C12H10ClFN2O3S. The van der Waals surface area contributed by atoms with E-state index in [4.69, 9.17) is 21.5 Å². The fraction of sp³-hybridized carbons (Fsp3) is 0.0833. The molecule has 0 spiro atoms. The van der Waals surface area contributed by atoms with Crippen molar-refractivity contribution in [1.29, 1.82) is 0 Å². The minimum atomic E-state index is -4.08. The van der Waals surface area contributed by atoms with Gasteiger partial charge in [-0.25, -0.2) is 17.9 Å². The predicted octanol–water partition coefficient (Wildman–Crippen LogP) is 2.10. The van der Waals surface area contributed by atoms with E-state index in [1.165, 1.54) is 18.5 Å². The molecule has 0 saturated heterocycles. The largest absolute Gasteiger partial charge is 0.487 e. The van der Waals surface area contributed by atoms with Crippen molar-refractivity contribution in [2.75, 3.05) is 0 Å².